The van der Waals surface area contributed by atoms with Crippen LogP contribution in [0.3, 0.4) is 0 Å². The number of benzene rings is 1. The predicted molar refractivity (Wildman–Crippen MR) is 106 cm³/mol. The van der Waals surface area contributed by atoms with E-state index in [9.17, 15) is 10.1 Å². The molecule has 144 valence electrons. The summed E-state index contributed by atoms with van der Waals surface area (Å²) < 4.78 is 0. The highest BCUT2D eigenvalue weighted by molar-refractivity contribution is 5.79. The lowest BCUT2D eigenvalue weighted by Gasteiger charge is -2.21. The summed E-state index contributed by atoms with van der Waals surface area (Å²) in [6.07, 6.45) is 2.45. The van der Waals surface area contributed by atoms with E-state index in [0.29, 0.717) is 24.8 Å². The van der Waals surface area contributed by atoms with Gasteiger partial charge in [-0.1, -0.05) is 19.1 Å². The third kappa shape index (κ3) is 5.87. The molecule has 26 heavy (non-hydrogen) atoms. The fourth-order valence-electron chi connectivity index (χ4n) is 3.22. The van der Waals surface area contributed by atoms with Gasteiger partial charge in [0.1, 0.15) is 5.69 Å². The maximum atomic E-state index is 11.0. The number of likely N-dealkylation sites (tertiary alicyclic amines) is 1. The van der Waals surface area contributed by atoms with E-state index in [1.165, 1.54) is 25.5 Å². The fourth-order valence-corrected chi connectivity index (χ4v) is 3.22. The first kappa shape index (κ1) is 20.0. The topological polar surface area (TPSA) is 94.8 Å². The molecule has 1 aromatic rings. The van der Waals surface area contributed by atoms with Gasteiger partial charge in [-0.2, -0.15) is 0 Å². The average Bonchev–Trinajstić information content (AvgIpc) is 3.10. The van der Waals surface area contributed by atoms with E-state index < -0.39 is 0 Å². The Kier molecular flexibility index (Phi) is 8.14. The molecule has 0 aromatic heterocycles. The Morgan fingerprint density at radius 1 is 1.31 bits per heavy atom. The van der Waals surface area contributed by atoms with Crippen LogP contribution in [0.15, 0.2) is 29.3 Å². The maximum Gasteiger partial charge on any atom is 0.292 e. The molecular weight excluding hydrogens is 332 g/mol. The van der Waals surface area contributed by atoms with Crippen molar-refractivity contribution in [3.63, 3.8) is 0 Å². The molecule has 3 N–H and O–H groups in total. The normalized spacial score (nSPS) is 17.9. The number of rotatable bonds is 9. The molecule has 0 amide bonds. The molecule has 1 fully saturated rings. The quantitative estimate of drug-likeness (QED) is 0.205. The molecule has 2 rings (SSSR count). The van der Waals surface area contributed by atoms with Crippen molar-refractivity contribution >= 4 is 17.3 Å². The summed E-state index contributed by atoms with van der Waals surface area (Å²) in [5.41, 5.74) is 0.625. The number of nitro benzene ring substituents is 1. The van der Waals surface area contributed by atoms with Gasteiger partial charge in [-0.05, 0) is 38.9 Å². The summed E-state index contributed by atoms with van der Waals surface area (Å²) in [6, 6.07) is 7.20. The number of hydrogen-bond acceptors (Lipinski definition) is 5. The lowest BCUT2D eigenvalue weighted by molar-refractivity contribution is -0.384. The zero-order valence-corrected chi connectivity index (χ0v) is 15.7. The molecule has 8 nitrogen and oxygen atoms in total. The van der Waals surface area contributed by atoms with E-state index in [0.717, 1.165) is 25.6 Å². The van der Waals surface area contributed by atoms with Crippen molar-refractivity contribution < 1.29 is 4.92 Å². The Hall–Kier alpha value is -2.35. The molecular formula is C18H30N6O2. The van der Waals surface area contributed by atoms with E-state index in [1.54, 1.807) is 18.2 Å². The summed E-state index contributed by atoms with van der Waals surface area (Å²) >= 11 is 0. The van der Waals surface area contributed by atoms with Crippen LogP contribution >= 0.6 is 0 Å². The number of hydrogen-bond donors (Lipinski definition) is 3. The van der Waals surface area contributed by atoms with Crippen molar-refractivity contribution in [3.8, 4) is 0 Å². The highest BCUT2D eigenvalue weighted by atomic mass is 16.6. The Morgan fingerprint density at radius 2 is 2.12 bits per heavy atom. The first-order valence-corrected chi connectivity index (χ1v) is 9.39. The molecule has 1 saturated heterocycles. The van der Waals surface area contributed by atoms with Crippen LogP contribution in [0.2, 0.25) is 0 Å². The average molecular weight is 362 g/mol. The van der Waals surface area contributed by atoms with Crippen LogP contribution in [0.1, 0.15) is 26.7 Å². The maximum absolute atomic E-state index is 11.0. The van der Waals surface area contributed by atoms with Gasteiger partial charge in [0.05, 0.1) is 11.5 Å². The zero-order chi connectivity index (χ0) is 18.8. The van der Waals surface area contributed by atoms with Crippen LogP contribution in [-0.4, -0.2) is 61.1 Å². The van der Waals surface area contributed by atoms with Gasteiger partial charge in [-0.25, -0.2) is 0 Å². The van der Waals surface area contributed by atoms with Crippen LogP contribution in [0.25, 0.3) is 0 Å². The predicted octanol–water partition coefficient (Wildman–Crippen LogP) is 2.05. The number of para-hydroxylation sites is 2. The molecule has 8 heteroatoms. The molecule has 1 aliphatic heterocycles. The molecule has 1 aromatic carbocycles. The van der Waals surface area contributed by atoms with E-state index in [4.69, 9.17) is 4.99 Å². The van der Waals surface area contributed by atoms with Gasteiger partial charge in [0.15, 0.2) is 5.96 Å². The SMILES string of the molecule is CCNC(=NCC1CCCN1CC)NCCNc1ccccc1[N+](=O)[O-]. The fraction of sp³-hybridized carbons (Fsp3) is 0.611. The van der Waals surface area contributed by atoms with Crippen molar-refractivity contribution in [2.45, 2.75) is 32.7 Å². The molecule has 0 bridgehead atoms. The number of anilines is 1. The highest BCUT2D eigenvalue weighted by Gasteiger charge is 2.22. The number of nitrogens with one attached hydrogen (secondary N) is 3. The monoisotopic (exact) mass is 362 g/mol. The second-order valence-corrected chi connectivity index (χ2v) is 6.27. The third-order valence-corrected chi connectivity index (χ3v) is 4.54. The summed E-state index contributed by atoms with van der Waals surface area (Å²) in [4.78, 5) is 17.8. The highest BCUT2D eigenvalue weighted by Crippen LogP contribution is 2.22. The molecule has 0 radical (unpaired) electrons. The Morgan fingerprint density at radius 3 is 2.85 bits per heavy atom. The largest absolute Gasteiger partial charge is 0.378 e. The lowest BCUT2D eigenvalue weighted by Crippen LogP contribution is -2.41. The number of guanidine groups is 1. The van der Waals surface area contributed by atoms with Crippen molar-refractivity contribution in [1.82, 2.24) is 15.5 Å². The first-order valence-electron chi connectivity index (χ1n) is 9.39. The van der Waals surface area contributed by atoms with Gasteiger partial charge in [-0.3, -0.25) is 20.0 Å². The van der Waals surface area contributed by atoms with Gasteiger partial charge < -0.3 is 16.0 Å². The summed E-state index contributed by atoms with van der Waals surface area (Å²) in [6.45, 7) is 9.26. The second kappa shape index (κ2) is 10.6. The molecule has 1 aliphatic rings. The number of likely N-dealkylation sites (N-methyl/N-ethyl adjacent to an activating group) is 1. The van der Waals surface area contributed by atoms with Crippen molar-refractivity contribution in [2.24, 2.45) is 4.99 Å². The molecule has 0 spiro atoms. The summed E-state index contributed by atoms with van der Waals surface area (Å²) in [7, 11) is 0. The zero-order valence-electron chi connectivity index (χ0n) is 15.7. The summed E-state index contributed by atoms with van der Waals surface area (Å²) in [5, 5.41) is 20.7. The Bertz CT molecular complexity index is 607. The van der Waals surface area contributed by atoms with Crippen molar-refractivity contribution in [2.75, 3.05) is 44.6 Å². The van der Waals surface area contributed by atoms with Crippen molar-refractivity contribution in [1.29, 1.82) is 0 Å². The molecule has 1 heterocycles. The lowest BCUT2D eigenvalue weighted by atomic mass is 10.2. The van der Waals surface area contributed by atoms with Gasteiger partial charge in [0.2, 0.25) is 0 Å². The van der Waals surface area contributed by atoms with Gasteiger partial charge in [-0.15, -0.1) is 0 Å². The number of nitro groups is 1. The van der Waals surface area contributed by atoms with Gasteiger partial charge in [0, 0.05) is 31.7 Å². The van der Waals surface area contributed by atoms with Crippen LogP contribution in [-0.2, 0) is 0 Å². The Balaban J connectivity index is 1.81. The first-order chi connectivity index (χ1) is 12.7. The minimum absolute atomic E-state index is 0.0916. The van der Waals surface area contributed by atoms with Gasteiger partial charge in [0.25, 0.3) is 5.69 Å². The van der Waals surface area contributed by atoms with Crippen LogP contribution in [0.5, 0.6) is 0 Å². The van der Waals surface area contributed by atoms with Crippen LogP contribution in [0, 0.1) is 10.1 Å². The van der Waals surface area contributed by atoms with Crippen LogP contribution in [0.4, 0.5) is 11.4 Å². The van der Waals surface area contributed by atoms with E-state index >= 15 is 0 Å². The molecule has 1 unspecified atom stereocenters. The molecule has 0 saturated carbocycles. The van der Waals surface area contributed by atoms with E-state index in [1.807, 2.05) is 6.92 Å². The minimum atomic E-state index is -0.373. The van der Waals surface area contributed by atoms with Crippen molar-refractivity contribution in [3.05, 3.63) is 34.4 Å². The smallest absolute Gasteiger partial charge is 0.292 e. The number of nitrogens with zero attached hydrogens (tertiary/aromatic N) is 3. The van der Waals surface area contributed by atoms with Crippen LogP contribution < -0.4 is 16.0 Å². The minimum Gasteiger partial charge on any atom is -0.378 e. The number of aliphatic imine (C=N–C) groups is 1. The standard InChI is InChI=1S/C18H30N6O2/c1-3-19-18(22-14-15-8-7-13-23(15)4-2)21-12-11-20-16-9-5-6-10-17(16)24(25)26/h5-6,9-10,15,20H,3-4,7-8,11-14H2,1-2H3,(H2,19,21,22). The second-order valence-electron chi connectivity index (χ2n) is 6.27. The third-order valence-electron chi connectivity index (χ3n) is 4.54. The molecule has 1 atom stereocenters. The van der Waals surface area contributed by atoms with Gasteiger partial charge >= 0.3 is 0 Å². The van der Waals surface area contributed by atoms with E-state index in [-0.39, 0.29) is 10.6 Å². The summed E-state index contributed by atoms with van der Waals surface area (Å²) in [5.74, 6) is 0.791. The molecule has 0 aliphatic carbocycles. The Labute approximate surface area is 155 Å². The van der Waals surface area contributed by atoms with E-state index in [2.05, 4.69) is 27.8 Å².